The van der Waals surface area contributed by atoms with Gasteiger partial charge in [-0.1, -0.05) is 0 Å². The minimum absolute atomic E-state index is 0.147. The third-order valence-electron chi connectivity index (χ3n) is 3.31. The van der Waals surface area contributed by atoms with Crippen LogP contribution < -0.4 is 5.32 Å². The average molecular weight is 359 g/mol. The summed E-state index contributed by atoms with van der Waals surface area (Å²) in [6.45, 7) is 1.85. The molecule has 0 unspecified atom stereocenters. The monoisotopic (exact) mass is 359 g/mol. The molecule has 0 spiro atoms. The predicted octanol–water partition coefficient (Wildman–Crippen LogP) is 1.31. The van der Waals surface area contributed by atoms with Crippen LogP contribution >= 0.6 is 0 Å². The number of hydrogen-bond donors (Lipinski definition) is 2. The Labute approximate surface area is 140 Å². The lowest BCUT2D eigenvalue weighted by Crippen LogP contribution is -2.29. The van der Waals surface area contributed by atoms with E-state index in [0.29, 0.717) is 12.1 Å². The quantitative estimate of drug-likeness (QED) is 0.726. The Balaban J connectivity index is 1.76. The molecule has 1 amide bonds. The van der Waals surface area contributed by atoms with E-state index in [9.17, 15) is 22.8 Å². The number of aromatic nitrogens is 4. The lowest BCUT2D eigenvalue weighted by Gasteiger charge is -2.07. The number of aryl methyl sites for hydroxylation is 2. The zero-order chi connectivity index (χ0) is 18.6. The summed E-state index contributed by atoms with van der Waals surface area (Å²) >= 11 is 0. The van der Waals surface area contributed by atoms with Crippen LogP contribution in [-0.4, -0.2) is 43.1 Å². The Morgan fingerprint density at radius 1 is 1.32 bits per heavy atom. The highest BCUT2D eigenvalue weighted by Crippen LogP contribution is 2.28. The Kier molecular flexibility index (Phi) is 5.45. The highest BCUT2D eigenvalue weighted by atomic mass is 19.4. The topological polar surface area (TPSA) is 102 Å². The van der Waals surface area contributed by atoms with Crippen molar-refractivity contribution in [3.05, 3.63) is 35.4 Å². The first-order chi connectivity index (χ1) is 11.7. The van der Waals surface area contributed by atoms with Crippen LogP contribution in [0.3, 0.4) is 0 Å². The normalized spacial score (nSPS) is 11.5. The fourth-order valence-electron chi connectivity index (χ4n) is 2.10. The van der Waals surface area contributed by atoms with Gasteiger partial charge in [-0.2, -0.15) is 23.4 Å². The summed E-state index contributed by atoms with van der Waals surface area (Å²) in [5.74, 6) is -1.57. The van der Waals surface area contributed by atoms with E-state index in [0.717, 1.165) is 6.07 Å². The summed E-state index contributed by atoms with van der Waals surface area (Å²) in [4.78, 5) is 22.4. The van der Waals surface area contributed by atoms with Gasteiger partial charge in [0, 0.05) is 25.0 Å². The number of hydrogen-bond acceptors (Lipinski definition) is 4. The van der Waals surface area contributed by atoms with Gasteiger partial charge < -0.3 is 10.4 Å². The van der Waals surface area contributed by atoms with Gasteiger partial charge in [0.1, 0.15) is 6.54 Å². The van der Waals surface area contributed by atoms with E-state index in [1.807, 2.05) is 0 Å². The molecule has 8 nitrogen and oxygen atoms in total. The first-order valence-electron chi connectivity index (χ1n) is 7.32. The number of carboxylic acids is 1. The van der Waals surface area contributed by atoms with Crippen LogP contribution in [0.1, 0.15) is 28.3 Å². The Hall–Kier alpha value is -2.85. The van der Waals surface area contributed by atoms with Crippen LogP contribution in [0, 0.1) is 6.92 Å². The number of rotatable bonds is 7. The lowest BCUT2D eigenvalue weighted by molar-refractivity contribution is -0.141. The highest BCUT2D eigenvalue weighted by molar-refractivity contribution is 5.85. The lowest BCUT2D eigenvalue weighted by atomic mass is 10.3. The van der Waals surface area contributed by atoms with E-state index in [2.05, 4.69) is 15.5 Å². The summed E-state index contributed by atoms with van der Waals surface area (Å²) in [6, 6.07) is 2.24. The summed E-state index contributed by atoms with van der Waals surface area (Å²) in [7, 11) is 0. The van der Waals surface area contributed by atoms with Crippen LogP contribution in [0.2, 0.25) is 0 Å². The molecule has 0 aliphatic rings. The van der Waals surface area contributed by atoms with Gasteiger partial charge >= 0.3 is 12.1 Å². The maximum absolute atomic E-state index is 12.6. The number of nitrogens with one attached hydrogen (secondary N) is 1. The molecule has 25 heavy (non-hydrogen) atoms. The van der Waals surface area contributed by atoms with E-state index in [-0.39, 0.29) is 31.2 Å². The largest absolute Gasteiger partial charge is 0.476 e. The number of alkyl halides is 3. The van der Waals surface area contributed by atoms with Gasteiger partial charge in [0.15, 0.2) is 11.4 Å². The fraction of sp³-hybridized carbons (Fsp3) is 0.429. The molecule has 136 valence electrons. The van der Waals surface area contributed by atoms with Crippen molar-refractivity contribution in [3.8, 4) is 0 Å². The molecule has 0 aromatic carbocycles. The molecule has 2 rings (SSSR count). The molecule has 0 aliphatic heterocycles. The summed E-state index contributed by atoms with van der Waals surface area (Å²) < 4.78 is 40.1. The van der Waals surface area contributed by atoms with E-state index >= 15 is 0 Å². The second-order valence-corrected chi connectivity index (χ2v) is 5.30. The molecule has 0 bridgehead atoms. The van der Waals surface area contributed by atoms with Crippen molar-refractivity contribution in [2.45, 2.75) is 32.6 Å². The smallest absolute Gasteiger partial charge is 0.435 e. The van der Waals surface area contributed by atoms with E-state index in [4.69, 9.17) is 5.11 Å². The molecule has 0 fully saturated rings. The minimum Gasteiger partial charge on any atom is -0.476 e. The molecular formula is C14H16F3N5O3. The molecule has 0 saturated carbocycles. The van der Waals surface area contributed by atoms with Gasteiger partial charge in [-0.05, 0) is 25.5 Å². The first-order valence-corrected chi connectivity index (χ1v) is 7.32. The number of aromatic carboxylic acids is 1. The van der Waals surface area contributed by atoms with Gasteiger partial charge in [-0.25, -0.2) is 4.79 Å². The second kappa shape index (κ2) is 7.36. The molecule has 11 heteroatoms. The Bertz CT molecular complexity index is 766. The molecule has 2 heterocycles. The summed E-state index contributed by atoms with van der Waals surface area (Å²) in [5, 5.41) is 18.5. The minimum atomic E-state index is -4.48. The number of carbonyl (C=O) groups excluding carboxylic acids is 1. The van der Waals surface area contributed by atoms with Gasteiger partial charge in [0.2, 0.25) is 5.91 Å². The zero-order valence-corrected chi connectivity index (χ0v) is 13.2. The molecule has 2 aromatic rings. The second-order valence-electron chi connectivity index (χ2n) is 5.30. The van der Waals surface area contributed by atoms with Gasteiger partial charge in [0.05, 0.1) is 0 Å². The number of halogens is 3. The molecule has 0 saturated heterocycles. The predicted molar refractivity (Wildman–Crippen MR) is 78.8 cm³/mol. The summed E-state index contributed by atoms with van der Waals surface area (Å²) in [6.07, 6.45) is -2.72. The van der Waals surface area contributed by atoms with Gasteiger partial charge in [-0.15, -0.1) is 0 Å². The first kappa shape index (κ1) is 18.5. The van der Waals surface area contributed by atoms with E-state index < -0.39 is 17.8 Å². The third kappa shape index (κ3) is 5.06. The number of nitrogens with zero attached hydrogens (tertiary/aromatic N) is 4. The van der Waals surface area contributed by atoms with Crippen molar-refractivity contribution in [2.24, 2.45) is 0 Å². The van der Waals surface area contributed by atoms with Crippen LogP contribution in [-0.2, 0) is 24.1 Å². The average Bonchev–Trinajstić information content (AvgIpc) is 3.10. The Morgan fingerprint density at radius 3 is 2.60 bits per heavy atom. The molecule has 2 N–H and O–H groups in total. The maximum Gasteiger partial charge on any atom is 0.435 e. The van der Waals surface area contributed by atoms with Crippen molar-refractivity contribution in [1.29, 1.82) is 0 Å². The molecular weight excluding hydrogens is 343 g/mol. The maximum atomic E-state index is 12.6. The molecule has 0 atom stereocenters. The van der Waals surface area contributed by atoms with Gasteiger partial charge in [0.25, 0.3) is 0 Å². The van der Waals surface area contributed by atoms with E-state index in [1.54, 1.807) is 0 Å². The molecule has 0 radical (unpaired) electrons. The van der Waals surface area contributed by atoms with Crippen LogP contribution in [0.15, 0.2) is 18.3 Å². The highest BCUT2D eigenvalue weighted by Gasteiger charge is 2.34. The van der Waals surface area contributed by atoms with Gasteiger partial charge in [-0.3, -0.25) is 14.2 Å². The number of amides is 1. The van der Waals surface area contributed by atoms with Crippen molar-refractivity contribution >= 4 is 11.9 Å². The fourth-order valence-corrected chi connectivity index (χ4v) is 2.10. The zero-order valence-electron chi connectivity index (χ0n) is 13.2. The number of carboxylic acid groups (broad SMARTS) is 1. The third-order valence-corrected chi connectivity index (χ3v) is 3.31. The van der Waals surface area contributed by atoms with Crippen molar-refractivity contribution in [2.75, 3.05) is 6.54 Å². The number of carbonyl (C=O) groups is 2. The summed E-state index contributed by atoms with van der Waals surface area (Å²) in [5.41, 5.74) is -0.722. The Morgan fingerprint density at radius 2 is 2.04 bits per heavy atom. The SMILES string of the molecule is Cc1cc(C(F)(F)F)nn1CCCNC(=O)Cn1ccc(C(=O)O)n1. The molecule has 2 aromatic heterocycles. The van der Waals surface area contributed by atoms with Crippen LogP contribution in [0.25, 0.3) is 0 Å². The van der Waals surface area contributed by atoms with Crippen LogP contribution in [0.5, 0.6) is 0 Å². The van der Waals surface area contributed by atoms with E-state index in [1.165, 1.54) is 28.6 Å². The van der Waals surface area contributed by atoms with Crippen LogP contribution in [0.4, 0.5) is 13.2 Å². The van der Waals surface area contributed by atoms with Crippen molar-refractivity contribution in [1.82, 2.24) is 24.9 Å². The van der Waals surface area contributed by atoms with Crippen molar-refractivity contribution in [3.63, 3.8) is 0 Å². The molecule has 0 aliphatic carbocycles. The standard InChI is InChI=1S/C14H16F3N5O3/c1-9-7-11(14(15,16)17)20-22(9)5-2-4-18-12(23)8-21-6-3-10(19-21)13(24)25/h3,6-7H,2,4-5,8H2,1H3,(H,18,23)(H,24,25). The van der Waals surface area contributed by atoms with Crippen molar-refractivity contribution < 1.29 is 27.9 Å².